The van der Waals surface area contributed by atoms with Crippen LogP contribution in [0.3, 0.4) is 0 Å². The third kappa shape index (κ3) is 3.02. The third-order valence-corrected chi connectivity index (χ3v) is 5.13. The van der Waals surface area contributed by atoms with Crippen molar-refractivity contribution in [2.24, 2.45) is 0 Å². The number of aliphatic hydroxyl groups excluding tert-OH is 1. The SMILES string of the molecule is CCC(c1ccccc1)C(O)Cc1csc2ccccc12. The highest BCUT2D eigenvalue weighted by Gasteiger charge is 2.20. The van der Waals surface area contributed by atoms with E-state index in [1.807, 2.05) is 18.2 Å². The van der Waals surface area contributed by atoms with Crippen LogP contribution in [0.1, 0.15) is 30.4 Å². The van der Waals surface area contributed by atoms with Gasteiger partial charge in [0, 0.05) is 17.0 Å². The number of hydrogen-bond donors (Lipinski definition) is 1. The number of fused-ring (bicyclic) bond motifs is 1. The zero-order valence-electron chi connectivity index (χ0n) is 12.2. The van der Waals surface area contributed by atoms with Crippen LogP contribution in [0.25, 0.3) is 10.1 Å². The molecule has 2 unspecified atom stereocenters. The predicted octanol–water partition coefficient (Wildman–Crippen LogP) is 5.00. The van der Waals surface area contributed by atoms with E-state index in [1.165, 1.54) is 21.2 Å². The molecule has 0 bridgehead atoms. The highest BCUT2D eigenvalue weighted by atomic mass is 32.1. The van der Waals surface area contributed by atoms with Crippen LogP contribution < -0.4 is 0 Å². The van der Waals surface area contributed by atoms with Crippen molar-refractivity contribution >= 4 is 21.4 Å². The van der Waals surface area contributed by atoms with Gasteiger partial charge in [-0.05, 0) is 34.4 Å². The van der Waals surface area contributed by atoms with Crippen LogP contribution in [0, 0.1) is 0 Å². The maximum absolute atomic E-state index is 10.7. The van der Waals surface area contributed by atoms with E-state index in [9.17, 15) is 5.11 Å². The number of hydrogen-bond acceptors (Lipinski definition) is 2. The van der Waals surface area contributed by atoms with E-state index in [4.69, 9.17) is 0 Å². The molecule has 0 amide bonds. The quantitative estimate of drug-likeness (QED) is 0.702. The van der Waals surface area contributed by atoms with Gasteiger partial charge in [0.05, 0.1) is 6.10 Å². The van der Waals surface area contributed by atoms with Gasteiger partial charge in [0.1, 0.15) is 0 Å². The molecule has 1 N–H and O–H groups in total. The molecule has 2 heteroatoms. The summed E-state index contributed by atoms with van der Waals surface area (Å²) in [6.07, 6.45) is 1.33. The van der Waals surface area contributed by atoms with Gasteiger partial charge in [-0.2, -0.15) is 0 Å². The van der Waals surface area contributed by atoms with Crippen molar-refractivity contribution in [3.8, 4) is 0 Å². The Balaban J connectivity index is 1.83. The number of benzene rings is 2. The fraction of sp³-hybridized carbons (Fsp3) is 0.263. The highest BCUT2D eigenvalue weighted by molar-refractivity contribution is 7.17. The Hall–Kier alpha value is -1.64. The first-order chi connectivity index (χ1) is 10.3. The smallest absolute Gasteiger partial charge is 0.0649 e. The highest BCUT2D eigenvalue weighted by Crippen LogP contribution is 2.30. The minimum atomic E-state index is -0.338. The molecule has 0 radical (unpaired) electrons. The van der Waals surface area contributed by atoms with Crippen LogP contribution >= 0.6 is 11.3 Å². The van der Waals surface area contributed by atoms with Crippen molar-refractivity contribution in [1.82, 2.24) is 0 Å². The summed E-state index contributed by atoms with van der Waals surface area (Å²) in [7, 11) is 0. The monoisotopic (exact) mass is 296 g/mol. The first kappa shape index (κ1) is 14.3. The van der Waals surface area contributed by atoms with Crippen LogP contribution in [0.2, 0.25) is 0 Å². The predicted molar refractivity (Wildman–Crippen MR) is 91.0 cm³/mol. The summed E-state index contributed by atoms with van der Waals surface area (Å²) in [5.41, 5.74) is 2.49. The molecule has 1 nitrogen and oxygen atoms in total. The van der Waals surface area contributed by atoms with Crippen LogP contribution in [0.5, 0.6) is 0 Å². The Morgan fingerprint density at radius 2 is 1.71 bits per heavy atom. The molecule has 1 aromatic heterocycles. The van der Waals surface area contributed by atoms with E-state index in [0.29, 0.717) is 0 Å². The van der Waals surface area contributed by atoms with E-state index < -0.39 is 0 Å². The average molecular weight is 296 g/mol. The molecular weight excluding hydrogens is 276 g/mol. The minimum Gasteiger partial charge on any atom is -0.392 e. The lowest BCUT2D eigenvalue weighted by Crippen LogP contribution is -2.20. The van der Waals surface area contributed by atoms with Crippen LogP contribution in [-0.2, 0) is 6.42 Å². The summed E-state index contributed by atoms with van der Waals surface area (Å²) >= 11 is 1.76. The van der Waals surface area contributed by atoms with Crippen molar-refractivity contribution in [1.29, 1.82) is 0 Å². The summed E-state index contributed by atoms with van der Waals surface area (Å²) in [6, 6.07) is 18.8. The Bertz CT molecular complexity index is 702. The summed E-state index contributed by atoms with van der Waals surface area (Å²) in [5.74, 6) is 0.199. The Morgan fingerprint density at radius 1 is 1.00 bits per heavy atom. The summed E-state index contributed by atoms with van der Waals surface area (Å²) in [5, 5.41) is 14.2. The Morgan fingerprint density at radius 3 is 2.48 bits per heavy atom. The van der Waals surface area contributed by atoms with Crippen LogP contribution in [0.15, 0.2) is 60.0 Å². The lowest BCUT2D eigenvalue weighted by atomic mass is 9.88. The van der Waals surface area contributed by atoms with Crippen molar-refractivity contribution in [3.63, 3.8) is 0 Å². The van der Waals surface area contributed by atoms with Gasteiger partial charge in [-0.1, -0.05) is 55.5 Å². The molecule has 21 heavy (non-hydrogen) atoms. The Kier molecular flexibility index (Phi) is 4.37. The summed E-state index contributed by atoms with van der Waals surface area (Å²) in [4.78, 5) is 0. The number of thiophene rings is 1. The first-order valence-electron chi connectivity index (χ1n) is 7.47. The largest absolute Gasteiger partial charge is 0.392 e. The van der Waals surface area contributed by atoms with Crippen LogP contribution in [-0.4, -0.2) is 11.2 Å². The van der Waals surface area contributed by atoms with Gasteiger partial charge in [-0.3, -0.25) is 0 Å². The molecule has 3 aromatic rings. The lowest BCUT2D eigenvalue weighted by molar-refractivity contribution is 0.141. The lowest BCUT2D eigenvalue weighted by Gasteiger charge is -2.22. The first-order valence-corrected chi connectivity index (χ1v) is 8.35. The third-order valence-electron chi connectivity index (χ3n) is 4.12. The second kappa shape index (κ2) is 6.42. The number of rotatable bonds is 5. The van der Waals surface area contributed by atoms with Gasteiger partial charge >= 0.3 is 0 Å². The fourth-order valence-electron chi connectivity index (χ4n) is 2.99. The standard InChI is InChI=1S/C19H20OS/c1-2-16(14-8-4-3-5-9-14)18(20)12-15-13-21-19-11-7-6-10-17(15)19/h3-11,13,16,18,20H,2,12H2,1H3. The maximum atomic E-state index is 10.7. The molecule has 0 saturated heterocycles. The van der Waals surface area contributed by atoms with Crippen molar-refractivity contribution in [3.05, 3.63) is 71.1 Å². The second-order valence-corrected chi connectivity index (χ2v) is 6.37. The van der Waals surface area contributed by atoms with E-state index >= 15 is 0 Å². The van der Waals surface area contributed by atoms with E-state index in [-0.39, 0.29) is 12.0 Å². The van der Waals surface area contributed by atoms with Gasteiger partial charge in [0.2, 0.25) is 0 Å². The van der Waals surface area contributed by atoms with Crippen molar-refractivity contribution < 1.29 is 5.11 Å². The van der Waals surface area contributed by atoms with Gasteiger partial charge in [-0.25, -0.2) is 0 Å². The fourth-order valence-corrected chi connectivity index (χ4v) is 3.96. The maximum Gasteiger partial charge on any atom is 0.0649 e. The van der Waals surface area contributed by atoms with E-state index in [0.717, 1.165) is 12.8 Å². The molecular formula is C19H20OS. The molecule has 0 aliphatic carbocycles. The summed E-state index contributed by atoms with van der Waals surface area (Å²) in [6.45, 7) is 2.15. The molecule has 0 saturated carbocycles. The van der Waals surface area contributed by atoms with Gasteiger partial charge in [-0.15, -0.1) is 11.3 Å². The molecule has 0 fully saturated rings. The van der Waals surface area contributed by atoms with E-state index in [1.54, 1.807) is 11.3 Å². The topological polar surface area (TPSA) is 20.2 Å². The zero-order chi connectivity index (χ0) is 14.7. The number of aliphatic hydroxyl groups is 1. The molecule has 3 rings (SSSR count). The second-order valence-electron chi connectivity index (χ2n) is 5.45. The molecule has 2 aromatic carbocycles. The molecule has 0 spiro atoms. The van der Waals surface area contributed by atoms with Gasteiger partial charge in [0.15, 0.2) is 0 Å². The Labute approximate surface area is 129 Å². The van der Waals surface area contributed by atoms with Crippen molar-refractivity contribution in [2.45, 2.75) is 31.8 Å². The van der Waals surface area contributed by atoms with Crippen molar-refractivity contribution in [2.75, 3.05) is 0 Å². The molecule has 0 aliphatic rings. The zero-order valence-corrected chi connectivity index (χ0v) is 13.0. The van der Waals surface area contributed by atoms with Crippen LogP contribution in [0.4, 0.5) is 0 Å². The van der Waals surface area contributed by atoms with E-state index in [2.05, 4.69) is 48.7 Å². The molecule has 2 atom stereocenters. The molecule has 0 aliphatic heterocycles. The molecule has 108 valence electrons. The van der Waals surface area contributed by atoms with Gasteiger partial charge in [0.25, 0.3) is 0 Å². The normalized spacial score (nSPS) is 14.2. The molecule has 1 heterocycles. The average Bonchev–Trinajstić information content (AvgIpc) is 2.92. The minimum absolute atomic E-state index is 0.199. The van der Waals surface area contributed by atoms with Gasteiger partial charge < -0.3 is 5.11 Å². The summed E-state index contributed by atoms with van der Waals surface area (Å²) < 4.78 is 1.30.